The Kier molecular flexibility index (Phi) is 1.89. The van der Waals surface area contributed by atoms with Gasteiger partial charge in [-0.3, -0.25) is 0 Å². The number of rotatable bonds is 2. The Morgan fingerprint density at radius 2 is 2.50 bits per heavy atom. The van der Waals surface area contributed by atoms with Crippen LogP contribution in [0.2, 0.25) is 0 Å². The Hall–Kier alpha value is -1.20. The third-order valence-electron chi connectivity index (χ3n) is 1.44. The van der Waals surface area contributed by atoms with Crippen LogP contribution in [0.5, 0.6) is 0 Å². The van der Waals surface area contributed by atoms with E-state index in [9.17, 15) is 0 Å². The van der Waals surface area contributed by atoms with Gasteiger partial charge in [0.05, 0.1) is 0 Å². The van der Waals surface area contributed by atoms with E-state index in [-0.39, 0.29) is 0 Å². The smallest absolute Gasteiger partial charge is 0.210 e. The summed E-state index contributed by atoms with van der Waals surface area (Å²) in [4.78, 5) is 5.24. The number of thiazole rings is 1. The minimum absolute atomic E-state index is 0.541. The van der Waals surface area contributed by atoms with Crippen LogP contribution in [0.15, 0.2) is 24.7 Å². The van der Waals surface area contributed by atoms with Crippen LogP contribution in [0.4, 0.5) is 0 Å². The van der Waals surface area contributed by atoms with E-state index < -0.39 is 0 Å². The van der Waals surface area contributed by atoms with Gasteiger partial charge in [0.1, 0.15) is 0 Å². The number of aromatic nitrogens is 3. The minimum atomic E-state index is 0.541. The van der Waals surface area contributed by atoms with Crippen molar-refractivity contribution in [3.05, 3.63) is 29.5 Å². The van der Waals surface area contributed by atoms with Crippen LogP contribution in [-0.4, -0.2) is 14.8 Å². The van der Waals surface area contributed by atoms with Crippen LogP contribution in [-0.2, 0) is 6.54 Å². The van der Waals surface area contributed by atoms with Gasteiger partial charge >= 0.3 is 0 Å². The topological polar surface area (TPSA) is 56.7 Å². The second-order valence-electron chi connectivity index (χ2n) is 2.26. The van der Waals surface area contributed by atoms with Gasteiger partial charge in [-0.25, -0.2) is 9.67 Å². The molecule has 0 fully saturated rings. The van der Waals surface area contributed by atoms with Crippen molar-refractivity contribution in [1.82, 2.24) is 14.8 Å². The molecule has 0 atom stereocenters. The molecule has 0 aliphatic carbocycles. The Balaban J connectivity index is 2.35. The average Bonchev–Trinajstić information content (AvgIpc) is 2.75. The molecule has 62 valence electrons. The van der Waals surface area contributed by atoms with Crippen LogP contribution in [0.25, 0.3) is 5.13 Å². The van der Waals surface area contributed by atoms with E-state index in [0.717, 1.165) is 10.0 Å². The van der Waals surface area contributed by atoms with Crippen molar-refractivity contribution in [3.8, 4) is 5.13 Å². The van der Waals surface area contributed by atoms with Crippen molar-refractivity contribution in [2.24, 2.45) is 5.73 Å². The molecular weight excluding hydrogens is 172 g/mol. The van der Waals surface area contributed by atoms with Crippen molar-refractivity contribution in [3.63, 3.8) is 0 Å². The summed E-state index contributed by atoms with van der Waals surface area (Å²) in [5.74, 6) is 0. The number of nitrogens with zero attached hydrogens (tertiary/aromatic N) is 3. The van der Waals surface area contributed by atoms with Gasteiger partial charge in [0.2, 0.25) is 5.13 Å². The molecule has 2 aromatic rings. The standard InChI is InChI=1S/C7H8N4S/c8-4-6-5-9-7(12-6)11-3-1-2-10-11/h1-3,5H,4,8H2. The molecule has 0 amide bonds. The fourth-order valence-corrected chi connectivity index (χ4v) is 1.61. The Bertz CT molecular complexity index is 351. The van der Waals surface area contributed by atoms with Crippen LogP contribution in [0.3, 0.4) is 0 Å². The summed E-state index contributed by atoms with van der Waals surface area (Å²) in [6.07, 6.45) is 5.37. The van der Waals surface area contributed by atoms with E-state index in [4.69, 9.17) is 5.73 Å². The predicted molar refractivity (Wildman–Crippen MR) is 47.1 cm³/mol. The van der Waals surface area contributed by atoms with Crippen molar-refractivity contribution in [1.29, 1.82) is 0 Å². The molecule has 0 bridgehead atoms. The summed E-state index contributed by atoms with van der Waals surface area (Å²) in [7, 11) is 0. The summed E-state index contributed by atoms with van der Waals surface area (Å²) >= 11 is 1.55. The van der Waals surface area contributed by atoms with Gasteiger partial charge in [-0.2, -0.15) is 5.10 Å². The summed E-state index contributed by atoms with van der Waals surface area (Å²) in [6, 6.07) is 1.86. The van der Waals surface area contributed by atoms with E-state index in [1.165, 1.54) is 0 Å². The zero-order chi connectivity index (χ0) is 8.39. The molecule has 0 spiro atoms. The van der Waals surface area contributed by atoms with E-state index >= 15 is 0 Å². The molecule has 0 unspecified atom stereocenters. The lowest BCUT2D eigenvalue weighted by Crippen LogP contribution is -1.92. The lowest BCUT2D eigenvalue weighted by atomic mass is 10.6. The van der Waals surface area contributed by atoms with Gasteiger partial charge in [-0.1, -0.05) is 11.3 Å². The number of hydrogen-bond donors (Lipinski definition) is 1. The molecule has 2 heterocycles. The Labute approximate surface area is 73.7 Å². The molecule has 2 N–H and O–H groups in total. The molecule has 0 saturated carbocycles. The summed E-state index contributed by atoms with van der Waals surface area (Å²) in [6.45, 7) is 0.541. The van der Waals surface area contributed by atoms with Crippen LogP contribution >= 0.6 is 11.3 Å². The third kappa shape index (κ3) is 1.24. The molecule has 0 aromatic carbocycles. The summed E-state index contributed by atoms with van der Waals surface area (Å²) in [5.41, 5.74) is 5.46. The van der Waals surface area contributed by atoms with Gasteiger partial charge in [0.15, 0.2) is 0 Å². The molecule has 0 aliphatic heterocycles. The maximum Gasteiger partial charge on any atom is 0.210 e. The van der Waals surface area contributed by atoms with Crippen molar-refractivity contribution < 1.29 is 0 Å². The minimum Gasteiger partial charge on any atom is -0.326 e. The molecular formula is C7H8N4S. The van der Waals surface area contributed by atoms with Gasteiger partial charge in [0.25, 0.3) is 0 Å². The molecule has 2 rings (SSSR count). The summed E-state index contributed by atoms with van der Waals surface area (Å²) in [5, 5.41) is 4.92. The molecule has 12 heavy (non-hydrogen) atoms. The van der Waals surface area contributed by atoms with E-state index in [2.05, 4.69) is 10.1 Å². The first kappa shape index (κ1) is 7.45. The fraction of sp³-hybridized carbons (Fsp3) is 0.143. The normalized spacial score (nSPS) is 10.4. The number of nitrogens with two attached hydrogens (primary N) is 1. The van der Waals surface area contributed by atoms with Crippen LogP contribution in [0, 0.1) is 0 Å². The van der Waals surface area contributed by atoms with E-state index in [1.807, 2.05) is 12.3 Å². The first-order valence-corrected chi connectivity index (χ1v) is 4.36. The fourth-order valence-electron chi connectivity index (χ4n) is 0.879. The lowest BCUT2D eigenvalue weighted by molar-refractivity contribution is 0.869. The SMILES string of the molecule is NCc1cnc(-n2cccn2)s1. The molecule has 5 heteroatoms. The lowest BCUT2D eigenvalue weighted by Gasteiger charge is -1.90. The predicted octanol–water partition coefficient (Wildman–Crippen LogP) is 0.788. The highest BCUT2D eigenvalue weighted by atomic mass is 32.1. The third-order valence-corrected chi connectivity index (χ3v) is 2.45. The highest BCUT2D eigenvalue weighted by Crippen LogP contribution is 2.15. The highest BCUT2D eigenvalue weighted by molar-refractivity contribution is 7.14. The van der Waals surface area contributed by atoms with Gasteiger partial charge in [0, 0.05) is 30.0 Å². The number of hydrogen-bond acceptors (Lipinski definition) is 4. The molecule has 2 aromatic heterocycles. The van der Waals surface area contributed by atoms with Crippen LogP contribution in [0.1, 0.15) is 4.88 Å². The Morgan fingerprint density at radius 3 is 3.08 bits per heavy atom. The zero-order valence-electron chi connectivity index (χ0n) is 6.34. The highest BCUT2D eigenvalue weighted by Gasteiger charge is 2.01. The van der Waals surface area contributed by atoms with Crippen molar-refractivity contribution in [2.45, 2.75) is 6.54 Å². The molecule has 0 saturated heterocycles. The first-order chi connectivity index (χ1) is 5.90. The second-order valence-corrected chi connectivity index (χ2v) is 3.36. The molecule has 4 nitrogen and oxygen atoms in total. The maximum absolute atomic E-state index is 5.46. The molecule has 0 radical (unpaired) electrons. The maximum atomic E-state index is 5.46. The summed E-state index contributed by atoms with van der Waals surface area (Å²) < 4.78 is 1.73. The average molecular weight is 180 g/mol. The van der Waals surface area contributed by atoms with Crippen molar-refractivity contribution >= 4 is 11.3 Å². The van der Waals surface area contributed by atoms with E-state index in [1.54, 1.807) is 28.4 Å². The van der Waals surface area contributed by atoms with Gasteiger partial charge < -0.3 is 5.73 Å². The van der Waals surface area contributed by atoms with E-state index in [0.29, 0.717) is 6.54 Å². The Morgan fingerprint density at radius 1 is 1.58 bits per heavy atom. The van der Waals surface area contributed by atoms with Gasteiger partial charge in [-0.15, -0.1) is 0 Å². The van der Waals surface area contributed by atoms with Crippen LogP contribution < -0.4 is 5.73 Å². The van der Waals surface area contributed by atoms with Gasteiger partial charge in [-0.05, 0) is 6.07 Å². The van der Waals surface area contributed by atoms with Crippen molar-refractivity contribution in [2.75, 3.05) is 0 Å². The zero-order valence-corrected chi connectivity index (χ0v) is 7.16. The monoisotopic (exact) mass is 180 g/mol. The second kappa shape index (κ2) is 3.04. The largest absolute Gasteiger partial charge is 0.326 e. The quantitative estimate of drug-likeness (QED) is 0.743. The first-order valence-electron chi connectivity index (χ1n) is 3.55. The molecule has 0 aliphatic rings.